The first-order chi connectivity index (χ1) is 12.1. The number of anilines is 1. The largest absolute Gasteiger partial charge is 0.484 e. The molecule has 0 radical (unpaired) electrons. The molecule has 0 atom stereocenters. The van der Waals surface area contributed by atoms with Gasteiger partial charge in [0.1, 0.15) is 11.4 Å². The molecule has 0 saturated carbocycles. The second-order valence-corrected chi connectivity index (χ2v) is 5.90. The number of carbonyl (C=O) groups excluding carboxylic acids is 2. The van der Waals surface area contributed by atoms with Crippen LogP contribution in [0, 0.1) is 0 Å². The number of amides is 1. The van der Waals surface area contributed by atoms with Gasteiger partial charge in [-0.25, -0.2) is 0 Å². The van der Waals surface area contributed by atoms with E-state index in [1.165, 1.54) is 18.5 Å². The van der Waals surface area contributed by atoms with Gasteiger partial charge < -0.3 is 10.1 Å². The van der Waals surface area contributed by atoms with E-state index in [2.05, 4.69) is 14.9 Å². The zero-order valence-electron chi connectivity index (χ0n) is 13.4. The molecule has 0 spiro atoms. The van der Waals surface area contributed by atoms with Crippen molar-refractivity contribution < 1.29 is 14.3 Å². The third-order valence-corrected chi connectivity index (χ3v) is 3.94. The maximum Gasteiger partial charge on any atom is 0.262 e. The van der Waals surface area contributed by atoms with Gasteiger partial charge in [-0.1, -0.05) is 28.8 Å². The zero-order chi connectivity index (χ0) is 17.6. The number of rotatable bonds is 6. The van der Waals surface area contributed by atoms with E-state index in [0.717, 1.165) is 11.3 Å². The molecule has 0 unspecified atom stereocenters. The zero-order valence-corrected chi connectivity index (χ0v) is 14.2. The summed E-state index contributed by atoms with van der Waals surface area (Å²) in [4.78, 5) is 23.3. The summed E-state index contributed by atoms with van der Waals surface area (Å²) in [5.41, 5.74) is 2.95. The van der Waals surface area contributed by atoms with Crippen LogP contribution >= 0.6 is 11.5 Å². The molecule has 0 aliphatic carbocycles. The summed E-state index contributed by atoms with van der Waals surface area (Å²) in [5.74, 6) is 0.149. The summed E-state index contributed by atoms with van der Waals surface area (Å²) < 4.78 is 9.26. The van der Waals surface area contributed by atoms with E-state index in [4.69, 9.17) is 4.74 Å². The minimum absolute atomic E-state index is 0.0506. The van der Waals surface area contributed by atoms with Crippen molar-refractivity contribution in [3.63, 3.8) is 0 Å². The van der Waals surface area contributed by atoms with E-state index < -0.39 is 0 Å². The highest BCUT2D eigenvalue weighted by Gasteiger charge is 2.07. The van der Waals surface area contributed by atoms with Crippen LogP contribution in [0.3, 0.4) is 0 Å². The molecule has 1 amide bonds. The van der Waals surface area contributed by atoms with Crippen molar-refractivity contribution in [1.29, 1.82) is 0 Å². The van der Waals surface area contributed by atoms with Gasteiger partial charge in [-0.3, -0.25) is 9.59 Å². The van der Waals surface area contributed by atoms with Crippen molar-refractivity contribution in [3.05, 3.63) is 59.5 Å². The van der Waals surface area contributed by atoms with E-state index in [1.54, 1.807) is 36.4 Å². The van der Waals surface area contributed by atoms with Crippen LogP contribution in [0.4, 0.5) is 5.69 Å². The molecule has 2 aromatic carbocycles. The maximum absolute atomic E-state index is 12.0. The third kappa shape index (κ3) is 4.48. The molecule has 1 aromatic heterocycles. The average molecular weight is 353 g/mol. The summed E-state index contributed by atoms with van der Waals surface area (Å²) in [7, 11) is 0. The lowest BCUT2D eigenvalue weighted by Gasteiger charge is -2.08. The molecule has 3 aromatic rings. The number of ketones is 1. The molecule has 0 bridgehead atoms. The smallest absolute Gasteiger partial charge is 0.262 e. The lowest BCUT2D eigenvalue weighted by atomic mass is 10.1. The number of nitrogens with one attached hydrogen (secondary N) is 1. The molecule has 0 aliphatic rings. The van der Waals surface area contributed by atoms with E-state index in [9.17, 15) is 9.59 Å². The Morgan fingerprint density at radius 3 is 2.64 bits per heavy atom. The maximum atomic E-state index is 12.0. The molecular formula is C18H15N3O3S. The van der Waals surface area contributed by atoms with Gasteiger partial charge in [0.25, 0.3) is 5.91 Å². The van der Waals surface area contributed by atoms with Gasteiger partial charge in [-0.2, -0.15) is 0 Å². The van der Waals surface area contributed by atoms with Crippen LogP contribution in [0.5, 0.6) is 5.75 Å². The van der Waals surface area contributed by atoms with E-state index in [-0.39, 0.29) is 18.3 Å². The predicted octanol–water partition coefficient (Wildman–Crippen LogP) is 3.43. The van der Waals surface area contributed by atoms with Crippen LogP contribution in [0.25, 0.3) is 11.3 Å². The first-order valence-electron chi connectivity index (χ1n) is 7.53. The number of benzene rings is 2. The normalized spacial score (nSPS) is 10.3. The summed E-state index contributed by atoms with van der Waals surface area (Å²) in [6, 6.07) is 14.1. The van der Waals surface area contributed by atoms with Crippen molar-refractivity contribution >= 4 is 28.9 Å². The summed E-state index contributed by atoms with van der Waals surface area (Å²) in [5, 5.41) is 8.61. The number of ether oxygens (including phenoxy) is 1. The second-order valence-electron chi connectivity index (χ2n) is 5.29. The van der Waals surface area contributed by atoms with E-state index in [0.29, 0.717) is 17.0 Å². The molecular weight excluding hydrogens is 338 g/mol. The average Bonchev–Trinajstić information content (AvgIpc) is 3.15. The Morgan fingerprint density at radius 2 is 1.96 bits per heavy atom. The summed E-state index contributed by atoms with van der Waals surface area (Å²) >= 11 is 1.29. The standard InChI is InChI=1S/C18H15N3O3S/c1-12(22)14-3-2-4-16(9-14)24-10-18(23)19-15-7-5-13(6-8-15)17-11-25-21-20-17/h2-9,11H,10H2,1H3,(H,19,23). The third-order valence-electron chi connectivity index (χ3n) is 3.43. The lowest BCUT2D eigenvalue weighted by molar-refractivity contribution is -0.118. The molecule has 25 heavy (non-hydrogen) atoms. The Balaban J connectivity index is 1.56. The quantitative estimate of drug-likeness (QED) is 0.687. The fourth-order valence-electron chi connectivity index (χ4n) is 2.17. The second kappa shape index (κ2) is 7.67. The summed E-state index contributed by atoms with van der Waals surface area (Å²) in [6.45, 7) is 1.34. The monoisotopic (exact) mass is 353 g/mol. The van der Waals surface area contributed by atoms with Crippen molar-refractivity contribution in [2.24, 2.45) is 0 Å². The van der Waals surface area contributed by atoms with Gasteiger partial charge >= 0.3 is 0 Å². The first-order valence-corrected chi connectivity index (χ1v) is 8.36. The van der Waals surface area contributed by atoms with Crippen LogP contribution in [-0.2, 0) is 4.79 Å². The van der Waals surface area contributed by atoms with Crippen LogP contribution in [0.2, 0.25) is 0 Å². The SMILES string of the molecule is CC(=O)c1cccc(OCC(=O)Nc2ccc(-c3csnn3)cc2)c1. The molecule has 1 N–H and O–H groups in total. The summed E-state index contributed by atoms with van der Waals surface area (Å²) in [6.07, 6.45) is 0. The highest BCUT2D eigenvalue weighted by Crippen LogP contribution is 2.20. The molecule has 7 heteroatoms. The predicted molar refractivity (Wildman–Crippen MR) is 95.9 cm³/mol. The van der Waals surface area contributed by atoms with Gasteiger partial charge in [-0.05, 0) is 42.7 Å². The Bertz CT molecular complexity index is 877. The highest BCUT2D eigenvalue weighted by molar-refractivity contribution is 7.03. The van der Waals surface area contributed by atoms with Gasteiger partial charge in [0, 0.05) is 22.2 Å². The minimum Gasteiger partial charge on any atom is -0.484 e. The van der Waals surface area contributed by atoms with E-state index >= 15 is 0 Å². The van der Waals surface area contributed by atoms with E-state index in [1.807, 2.05) is 17.5 Å². The van der Waals surface area contributed by atoms with Crippen LogP contribution < -0.4 is 10.1 Å². The highest BCUT2D eigenvalue weighted by atomic mass is 32.1. The van der Waals surface area contributed by atoms with Gasteiger partial charge in [0.15, 0.2) is 12.4 Å². The van der Waals surface area contributed by atoms with Crippen LogP contribution in [0.1, 0.15) is 17.3 Å². The molecule has 3 rings (SSSR count). The number of hydrogen-bond donors (Lipinski definition) is 1. The topological polar surface area (TPSA) is 81.2 Å². The number of nitrogens with zero attached hydrogens (tertiary/aromatic N) is 2. The van der Waals surface area contributed by atoms with Crippen LogP contribution in [0.15, 0.2) is 53.9 Å². The first kappa shape index (κ1) is 16.8. The van der Waals surface area contributed by atoms with Gasteiger partial charge in [0.05, 0.1) is 0 Å². The molecule has 126 valence electrons. The Morgan fingerprint density at radius 1 is 1.16 bits per heavy atom. The van der Waals surface area contributed by atoms with Crippen molar-refractivity contribution in [2.75, 3.05) is 11.9 Å². The number of carbonyl (C=O) groups is 2. The minimum atomic E-state index is -0.281. The van der Waals surface area contributed by atoms with Crippen LogP contribution in [-0.4, -0.2) is 27.9 Å². The number of Topliss-reactive ketones (excluding diaryl/α,β-unsaturated/α-hetero) is 1. The number of hydrogen-bond acceptors (Lipinski definition) is 6. The van der Waals surface area contributed by atoms with Crippen molar-refractivity contribution in [1.82, 2.24) is 9.59 Å². The fraction of sp³-hybridized carbons (Fsp3) is 0.111. The fourth-order valence-corrected chi connectivity index (χ4v) is 2.63. The lowest BCUT2D eigenvalue weighted by Crippen LogP contribution is -2.20. The Labute approximate surface area is 148 Å². The molecule has 0 saturated heterocycles. The molecule has 6 nitrogen and oxygen atoms in total. The molecule has 0 fully saturated rings. The Hall–Kier alpha value is -3.06. The Kier molecular flexibility index (Phi) is 5.15. The molecule has 0 aliphatic heterocycles. The van der Waals surface area contributed by atoms with Crippen molar-refractivity contribution in [2.45, 2.75) is 6.92 Å². The van der Waals surface area contributed by atoms with Gasteiger partial charge in [-0.15, -0.1) is 5.10 Å². The number of aromatic nitrogens is 2. The van der Waals surface area contributed by atoms with Gasteiger partial charge in [0.2, 0.25) is 0 Å². The molecule has 1 heterocycles. The van der Waals surface area contributed by atoms with Crippen molar-refractivity contribution in [3.8, 4) is 17.0 Å².